The van der Waals surface area contributed by atoms with Gasteiger partial charge in [-0.05, 0) is 52.9 Å². The first-order valence-electron chi connectivity index (χ1n) is 7.40. The van der Waals surface area contributed by atoms with Gasteiger partial charge >= 0.3 is 0 Å². The standard InChI is InChI=1S/C17H30N2/c1-7-17(8-2,19(5)6)16(18-4)13-15-11-9-14(3)10-12-15/h9-12,16,18H,7-8,13H2,1-6H3. The number of aryl methyl sites for hydroxylation is 1. The molecule has 0 aliphatic rings. The molecule has 0 amide bonds. The summed E-state index contributed by atoms with van der Waals surface area (Å²) in [6.45, 7) is 6.73. The van der Waals surface area contributed by atoms with E-state index in [4.69, 9.17) is 0 Å². The highest BCUT2D eigenvalue weighted by atomic mass is 15.2. The normalized spacial score (nSPS) is 13.8. The van der Waals surface area contributed by atoms with Crippen molar-refractivity contribution in [3.8, 4) is 0 Å². The molecule has 0 fully saturated rings. The minimum Gasteiger partial charge on any atom is -0.315 e. The van der Waals surface area contributed by atoms with Crippen LogP contribution >= 0.6 is 0 Å². The monoisotopic (exact) mass is 262 g/mol. The maximum Gasteiger partial charge on any atom is 0.0354 e. The van der Waals surface area contributed by atoms with Crippen LogP contribution in [0.25, 0.3) is 0 Å². The molecule has 0 bridgehead atoms. The Balaban J connectivity index is 2.95. The van der Waals surface area contributed by atoms with Crippen LogP contribution in [0.5, 0.6) is 0 Å². The Bertz CT molecular complexity index is 363. The fraction of sp³-hybridized carbons (Fsp3) is 0.647. The lowest BCUT2D eigenvalue weighted by molar-refractivity contribution is 0.0917. The van der Waals surface area contributed by atoms with Crippen LogP contribution in [0.2, 0.25) is 0 Å². The molecule has 0 saturated heterocycles. The van der Waals surface area contributed by atoms with E-state index < -0.39 is 0 Å². The number of rotatable bonds is 7. The lowest BCUT2D eigenvalue weighted by atomic mass is 9.80. The first kappa shape index (κ1) is 16.2. The van der Waals surface area contributed by atoms with Crippen molar-refractivity contribution in [1.82, 2.24) is 10.2 Å². The molecular weight excluding hydrogens is 232 g/mol. The number of nitrogens with zero attached hydrogens (tertiary/aromatic N) is 1. The van der Waals surface area contributed by atoms with Crippen LogP contribution in [-0.2, 0) is 6.42 Å². The number of nitrogens with one attached hydrogen (secondary N) is 1. The molecule has 0 aliphatic carbocycles. The first-order chi connectivity index (χ1) is 9.00. The molecule has 0 radical (unpaired) electrons. The van der Waals surface area contributed by atoms with Crippen molar-refractivity contribution in [1.29, 1.82) is 0 Å². The number of likely N-dealkylation sites (N-methyl/N-ethyl adjacent to an activating group) is 2. The number of hydrogen-bond acceptors (Lipinski definition) is 2. The van der Waals surface area contributed by atoms with E-state index in [2.05, 4.69) is 76.4 Å². The second kappa shape index (κ2) is 7.06. The van der Waals surface area contributed by atoms with E-state index in [9.17, 15) is 0 Å². The summed E-state index contributed by atoms with van der Waals surface area (Å²) in [4.78, 5) is 2.39. The van der Waals surface area contributed by atoms with Crippen molar-refractivity contribution in [2.45, 2.75) is 51.6 Å². The van der Waals surface area contributed by atoms with Crippen molar-refractivity contribution in [3.63, 3.8) is 0 Å². The summed E-state index contributed by atoms with van der Waals surface area (Å²) in [5, 5.41) is 3.55. The summed E-state index contributed by atoms with van der Waals surface area (Å²) in [6.07, 6.45) is 3.40. The Morgan fingerprint density at radius 2 is 1.63 bits per heavy atom. The van der Waals surface area contributed by atoms with E-state index in [1.54, 1.807) is 0 Å². The molecule has 0 aliphatic heterocycles. The molecule has 108 valence electrons. The minimum absolute atomic E-state index is 0.222. The third-order valence-corrected chi connectivity index (χ3v) is 4.67. The molecule has 19 heavy (non-hydrogen) atoms. The van der Waals surface area contributed by atoms with Crippen molar-refractivity contribution < 1.29 is 0 Å². The quantitative estimate of drug-likeness (QED) is 0.811. The fourth-order valence-corrected chi connectivity index (χ4v) is 3.21. The SMILES string of the molecule is CCC(CC)(C(Cc1ccc(C)cc1)NC)N(C)C. The molecular formula is C17H30N2. The van der Waals surface area contributed by atoms with Gasteiger partial charge in [0.05, 0.1) is 0 Å². The second-order valence-electron chi connectivity index (χ2n) is 5.74. The highest BCUT2D eigenvalue weighted by Crippen LogP contribution is 2.28. The van der Waals surface area contributed by atoms with Gasteiger partial charge in [-0.1, -0.05) is 43.7 Å². The Labute approximate surface area is 119 Å². The minimum atomic E-state index is 0.222. The van der Waals surface area contributed by atoms with E-state index in [-0.39, 0.29) is 5.54 Å². The van der Waals surface area contributed by atoms with Gasteiger partial charge in [0.25, 0.3) is 0 Å². The summed E-state index contributed by atoms with van der Waals surface area (Å²) in [5.41, 5.74) is 2.97. The maximum absolute atomic E-state index is 3.55. The smallest absolute Gasteiger partial charge is 0.0354 e. The van der Waals surface area contributed by atoms with Crippen molar-refractivity contribution in [2.24, 2.45) is 0 Å². The Hall–Kier alpha value is -0.860. The van der Waals surface area contributed by atoms with E-state index in [0.29, 0.717) is 6.04 Å². The van der Waals surface area contributed by atoms with E-state index in [1.807, 2.05) is 0 Å². The maximum atomic E-state index is 3.55. The van der Waals surface area contributed by atoms with Gasteiger partial charge in [0.1, 0.15) is 0 Å². The van der Waals surface area contributed by atoms with Crippen LogP contribution in [0, 0.1) is 6.92 Å². The van der Waals surface area contributed by atoms with Crippen molar-refractivity contribution >= 4 is 0 Å². The lowest BCUT2D eigenvalue weighted by Gasteiger charge is -2.45. The van der Waals surface area contributed by atoms with Gasteiger partial charge < -0.3 is 10.2 Å². The van der Waals surface area contributed by atoms with Crippen LogP contribution in [-0.4, -0.2) is 37.6 Å². The van der Waals surface area contributed by atoms with Gasteiger partial charge in [-0.3, -0.25) is 0 Å². The van der Waals surface area contributed by atoms with Crippen LogP contribution in [0.1, 0.15) is 37.8 Å². The van der Waals surface area contributed by atoms with Gasteiger partial charge in [0.2, 0.25) is 0 Å². The third kappa shape index (κ3) is 3.58. The predicted octanol–water partition coefficient (Wildman–Crippen LogP) is 3.25. The molecule has 2 nitrogen and oxygen atoms in total. The Morgan fingerprint density at radius 3 is 2.00 bits per heavy atom. The van der Waals surface area contributed by atoms with Crippen LogP contribution in [0.3, 0.4) is 0 Å². The molecule has 0 spiro atoms. The molecule has 1 aromatic carbocycles. The lowest BCUT2D eigenvalue weighted by Crippen LogP contribution is -2.58. The molecule has 0 heterocycles. The zero-order valence-electron chi connectivity index (χ0n) is 13.5. The molecule has 0 aromatic heterocycles. The van der Waals surface area contributed by atoms with E-state index >= 15 is 0 Å². The van der Waals surface area contributed by atoms with Crippen LogP contribution in [0.15, 0.2) is 24.3 Å². The number of hydrogen-bond donors (Lipinski definition) is 1. The molecule has 2 heteroatoms. The summed E-state index contributed by atoms with van der Waals surface area (Å²) in [6, 6.07) is 9.39. The molecule has 1 rings (SSSR count). The fourth-order valence-electron chi connectivity index (χ4n) is 3.21. The van der Waals surface area contributed by atoms with E-state index in [0.717, 1.165) is 19.3 Å². The zero-order valence-corrected chi connectivity index (χ0v) is 13.5. The molecule has 0 saturated carbocycles. The van der Waals surface area contributed by atoms with Gasteiger partial charge in [-0.15, -0.1) is 0 Å². The Kier molecular flexibility index (Phi) is 6.02. The highest BCUT2D eigenvalue weighted by molar-refractivity contribution is 5.23. The Morgan fingerprint density at radius 1 is 1.11 bits per heavy atom. The third-order valence-electron chi connectivity index (χ3n) is 4.67. The van der Waals surface area contributed by atoms with Crippen molar-refractivity contribution in [3.05, 3.63) is 35.4 Å². The second-order valence-corrected chi connectivity index (χ2v) is 5.74. The summed E-state index contributed by atoms with van der Waals surface area (Å²) < 4.78 is 0. The molecule has 1 atom stereocenters. The molecule has 1 N–H and O–H groups in total. The van der Waals surface area contributed by atoms with Crippen LogP contribution < -0.4 is 5.32 Å². The zero-order chi connectivity index (χ0) is 14.5. The number of benzene rings is 1. The average Bonchev–Trinajstić information content (AvgIpc) is 2.41. The largest absolute Gasteiger partial charge is 0.315 e. The average molecular weight is 262 g/mol. The molecule has 1 aromatic rings. The molecule has 1 unspecified atom stereocenters. The summed E-state index contributed by atoms with van der Waals surface area (Å²) >= 11 is 0. The summed E-state index contributed by atoms with van der Waals surface area (Å²) in [7, 11) is 6.49. The predicted molar refractivity (Wildman–Crippen MR) is 84.7 cm³/mol. The van der Waals surface area contributed by atoms with Gasteiger partial charge in [-0.25, -0.2) is 0 Å². The van der Waals surface area contributed by atoms with Crippen molar-refractivity contribution in [2.75, 3.05) is 21.1 Å². The van der Waals surface area contributed by atoms with E-state index in [1.165, 1.54) is 11.1 Å². The van der Waals surface area contributed by atoms with Gasteiger partial charge in [0.15, 0.2) is 0 Å². The topological polar surface area (TPSA) is 15.3 Å². The first-order valence-corrected chi connectivity index (χ1v) is 7.40. The highest BCUT2D eigenvalue weighted by Gasteiger charge is 2.36. The van der Waals surface area contributed by atoms with Gasteiger partial charge in [0, 0.05) is 11.6 Å². The van der Waals surface area contributed by atoms with Crippen LogP contribution in [0.4, 0.5) is 0 Å². The summed E-state index contributed by atoms with van der Waals surface area (Å²) in [5.74, 6) is 0. The van der Waals surface area contributed by atoms with Gasteiger partial charge in [-0.2, -0.15) is 0 Å².